The van der Waals surface area contributed by atoms with Gasteiger partial charge in [0.1, 0.15) is 18.2 Å². The van der Waals surface area contributed by atoms with E-state index in [1.54, 1.807) is 28.8 Å². The maximum Gasteiger partial charge on any atom is 0.253 e. The molecule has 0 aliphatic carbocycles. The molecule has 0 saturated carbocycles. The Hall–Kier alpha value is -1.81. The highest BCUT2D eigenvalue weighted by Gasteiger charge is 2.03. The van der Waals surface area contributed by atoms with E-state index in [0.29, 0.717) is 24.0 Å². The number of ether oxygens (including phenoxy) is 1. The van der Waals surface area contributed by atoms with Crippen molar-refractivity contribution in [3.05, 3.63) is 57.2 Å². The Morgan fingerprint density at radius 3 is 2.58 bits per heavy atom. The summed E-state index contributed by atoms with van der Waals surface area (Å²) in [6.07, 6.45) is 0. The number of halogens is 1. The lowest BCUT2D eigenvalue weighted by molar-refractivity contribution is 0.294. The SMILES string of the molecule is Cc1cc(=O)n(CCOc2ccc(Cl)cc2)c(C)n1. The van der Waals surface area contributed by atoms with E-state index in [0.717, 1.165) is 11.4 Å². The maximum absolute atomic E-state index is 11.8. The van der Waals surface area contributed by atoms with Gasteiger partial charge in [-0.15, -0.1) is 0 Å². The van der Waals surface area contributed by atoms with Crippen LogP contribution in [0.15, 0.2) is 35.1 Å². The first-order chi connectivity index (χ1) is 9.06. The molecule has 0 fully saturated rings. The van der Waals surface area contributed by atoms with Crippen molar-refractivity contribution in [2.45, 2.75) is 20.4 Å². The second-order valence-electron chi connectivity index (χ2n) is 4.24. The molecule has 1 heterocycles. The summed E-state index contributed by atoms with van der Waals surface area (Å²) in [5.41, 5.74) is 0.682. The van der Waals surface area contributed by atoms with E-state index in [1.807, 2.05) is 13.8 Å². The van der Waals surface area contributed by atoms with Crippen LogP contribution in [0, 0.1) is 13.8 Å². The molecule has 0 aliphatic rings. The summed E-state index contributed by atoms with van der Waals surface area (Å²) in [5, 5.41) is 0.669. The molecule has 0 radical (unpaired) electrons. The lowest BCUT2D eigenvalue weighted by Crippen LogP contribution is -2.26. The van der Waals surface area contributed by atoms with Crippen LogP contribution in [-0.4, -0.2) is 16.2 Å². The summed E-state index contributed by atoms with van der Waals surface area (Å²) in [6.45, 7) is 4.51. The Balaban J connectivity index is 2.00. The maximum atomic E-state index is 11.8. The summed E-state index contributed by atoms with van der Waals surface area (Å²) >= 11 is 5.79. The van der Waals surface area contributed by atoms with Crippen LogP contribution in [-0.2, 0) is 6.54 Å². The van der Waals surface area contributed by atoms with Crippen molar-refractivity contribution in [3.8, 4) is 5.75 Å². The van der Waals surface area contributed by atoms with Crippen LogP contribution in [0.25, 0.3) is 0 Å². The molecule has 4 nitrogen and oxygen atoms in total. The van der Waals surface area contributed by atoms with Gasteiger partial charge in [-0.25, -0.2) is 4.98 Å². The van der Waals surface area contributed by atoms with Crippen molar-refractivity contribution in [3.63, 3.8) is 0 Å². The third-order valence-electron chi connectivity index (χ3n) is 2.72. The fraction of sp³-hybridized carbons (Fsp3) is 0.286. The zero-order valence-corrected chi connectivity index (χ0v) is 11.6. The third kappa shape index (κ3) is 3.58. The van der Waals surface area contributed by atoms with E-state index >= 15 is 0 Å². The van der Waals surface area contributed by atoms with Gasteiger partial charge in [-0.1, -0.05) is 11.6 Å². The first-order valence-corrected chi connectivity index (χ1v) is 6.37. The van der Waals surface area contributed by atoms with Gasteiger partial charge < -0.3 is 4.74 Å². The summed E-state index contributed by atoms with van der Waals surface area (Å²) < 4.78 is 7.16. The molecular formula is C14H15ClN2O2. The average molecular weight is 279 g/mol. The standard InChI is InChI=1S/C14H15ClN2O2/c1-10-9-14(18)17(11(2)16-10)7-8-19-13-5-3-12(15)4-6-13/h3-6,9H,7-8H2,1-2H3. The number of aromatic nitrogens is 2. The van der Waals surface area contributed by atoms with E-state index < -0.39 is 0 Å². The van der Waals surface area contributed by atoms with E-state index in [9.17, 15) is 4.79 Å². The Bertz CT molecular complexity index is 620. The minimum Gasteiger partial charge on any atom is -0.492 e. The van der Waals surface area contributed by atoms with Crippen LogP contribution in [0.3, 0.4) is 0 Å². The molecule has 0 aliphatic heterocycles. The Morgan fingerprint density at radius 1 is 1.26 bits per heavy atom. The second kappa shape index (κ2) is 5.89. The van der Waals surface area contributed by atoms with Crippen molar-refractivity contribution >= 4 is 11.6 Å². The molecule has 0 spiro atoms. The summed E-state index contributed by atoms with van der Waals surface area (Å²) in [5.74, 6) is 1.43. The summed E-state index contributed by atoms with van der Waals surface area (Å²) in [6, 6.07) is 8.65. The monoisotopic (exact) mass is 278 g/mol. The topological polar surface area (TPSA) is 44.1 Å². The van der Waals surface area contributed by atoms with E-state index in [1.165, 1.54) is 6.07 Å². The second-order valence-corrected chi connectivity index (χ2v) is 4.67. The van der Waals surface area contributed by atoms with Crippen molar-refractivity contribution in [2.24, 2.45) is 0 Å². The highest BCUT2D eigenvalue weighted by Crippen LogP contribution is 2.15. The Morgan fingerprint density at radius 2 is 1.95 bits per heavy atom. The fourth-order valence-corrected chi connectivity index (χ4v) is 1.95. The molecule has 0 atom stereocenters. The van der Waals surface area contributed by atoms with Crippen LogP contribution in [0.5, 0.6) is 5.75 Å². The van der Waals surface area contributed by atoms with Gasteiger partial charge in [0, 0.05) is 16.8 Å². The smallest absolute Gasteiger partial charge is 0.253 e. The quantitative estimate of drug-likeness (QED) is 0.863. The van der Waals surface area contributed by atoms with Crippen molar-refractivity contribution < 1.29 is 4.74 Å². The average Bonchev–Trinajstić information content (AvgIpc) is 2.34. The third-order valence-corrected chi connectivity index (χ3v) is 2.98. The molecule has 1 aromatic carbocycles. The number of benzene rings is 1. The molecule has 2 rings (SSSR count). The first kappa shape index (κ1) is 13.6. The molecule has 0 unspecified atom stereocenters. The summed E-state index contributed by atoms with van der Waals surface area (Å²) in [7, 11) is 0. The highest BCUT2D eigenvalue weighted by atomic mass is 35.5. The van der Waals surface area contributed by atoms with Crippen molar-refractivity contribution in [2.75, 3.05) is 6.61 Å². The predicted molar refractivity (Wildman–Crippen MR) is 74.9 cm³/mol. The molecule has 1 aromatic heterocycles. The Labute approximate surface area is 116 Å². The molecular weight excluding hydrogens is 264 g/mol. The molecule has 0 saturated heterocycles. The minimum atomic E-state index is -0.0512. The van der Waals surface area contributed by atoms with Gasteiger partial charge in [0.25, 0.3) is 5.56 Å². The Kier molecular flexibility index (Phi) is 4.22. The van der Waals surface area contributed by atoms with E-state index in [2.05, 4.69) is 4.98 Å². The van der Waals surface area contributed by atoms with E-state index in [-0.39, 0.29) is 5.56 Å². The van der Waals surface area contributed by atoms with Gasteiger partial charge in [-0.2, -0.15) is 0 Å². The lowest BCUT2D eigenvalue weighted by atomic mass is 10.3. The predicted octanol–water partition coefficient (Wildman–Crippen LogP) is 2.59. The van der Waals surface area contributed by atoms with Gasteiger partial charge in [0.05, 0.1) is 6.54 Å². The molecule has 100 valence electrons. The fourth-order valence-electron chi connectivity index (χ4n) is 1.82. The lowest BCUT2D eigenvalue weighted by Gasteiger charge is -2.10. The first-order valence-electron chi connectivity index (χ1n) is 6.00. The number of hydrogen-bond acceptors (Lipinski definition) is 3. The molecule has 19 heavy (non-hydrogen) atoms. The van der Waals surface area contributed by atoms with Crippen LogP contribution in [0.4, 0.5) is 0 Å². The largest absolute Gasteiger partial charge is 0.492 e. The molecule has 2 aromatic rings. The van der Waals surface area contributed by atoms with Crippen LogP contribution in [0.2, 0.25) is 5.02 Å². The van der Waals surface area contributed by atoms with Gasteiger partial charge >= 0.3 is 0 Å². The molecule has 0 amide bonds. The normalized spacial score (nSPS) is 10.5. The molecule has 0 N–H and O–H groups in total. The zero-order chi connectivity index (χ0) is 13.8. The highest BCUT2D eigenvalue weighted by molar-refractivity contribution is 6.30. The summed E-state index contributed by atoms with van der Waals surface area (Å²) in [4.78, 5) is 16.1. The minimum absolute atomic E-state index is 0.0512. The number of nitrogens with zero attached hydrogens (tertiary/aromatic N) is 2. The van der Waals surface area contributed by atoms with E-state index in [4.69, 9.17) is 16.3 Å². The van der Waals surface area contributed by atoms with Crippen molar-refractivity contribution in [1.29, 1.82) is 0 Å². The number of hydrogen-bond donors (Lipinski definition) is 0. The van der Waals surface area contributed by atoms with Crippen LogP contribution >= 0.6 is 11.6 Å². The molecule has 0 bridgehead atoms. The number of aryl methyl sites for hydroxylation is 2. The van der Waals surface area contributed by atoms with Crippen LogP contribution < -0.4 is 10.3 Å². The van der Waals surface area contributed by atoms with Gasteiger partial charge in [0.2, 0.25) is 0 Å². The van der Waals surface area contributed by atoms with Crippen LogP contribution in [0.1, 0.15) is 11.5 Å². The van der Waals surface area contributed by atoms with Gasteiger partial charge in [-0.05, 0) is 38.1 Å². The molecule has 5 heteroatoms. The zero-order valence-electron chi connectivity index (χ0n) is 10.9. The van der Waals surface area contributed by atoms with Gasteiger partial charge in [0.15, 0.2) is 0 Å². The number of rotatable bonds is 4. The van der Waals surface area contributed by atoms with Gasteiger partial charge in [-0.3, -0.25) is 9.36 Å². The van der Waals surface area contributed by atoms with Crippen molar-refractivity contribution in [1.82, 2.24) is 9.55 Å².